The van der Waals surface area contributed by atoms with Crippen LogP contribution in [0.4, 0.5) is 0 Å². The lowest BCUT2D eigenvalue weighted by Gasteiger charge is -2.25. The van der Waals surface area contributed by atoms with Crippen molar-refractivity contribution in [2.45, 2.75) is 70.7 Å². The van der Waals surface area contributed by atoms with Crippen molar-refractivity contribution in [1.82, 2.24) is 10.2 Å². The summed E-state index contributed by atoms with van der Waals surface area (Å²) < 4.78 is 18.6. The Hall–Kier alpha value is -3.34. The molecule has 9 nitrogen and oxygen atoms in total. The fourth-order valence-corrected chi connectivity index (χ4v) is 6.51. The first-order valence-corrected chi connectivity index (χ1v) is 16.5. The van der Waals surface area contributed by atoms with Crippen molar-refractivity contribution in [3.8, 4) is 28.4 Å². The predicted octanol–water partition coefficient (Wildman–Crippen LogP) is 5.54. The monoisotopic (exact) mass is 652 g/mol. The van der Waals surface area contributed by atoms with Crippen LogP contribution in [0.25, 0.3) is 11.1 Å². The van der Waals surface area contributed by atoms with Gasteiger partial charge in [-0.1, -0.05) is 41.9 Å². The summed E-state index contributed by atoms with van der Waals surface area (Å²) in [4.78, 5) is 13.9. The summed E-state index contributed by atoms with van der Waals surface area (Å²) in [5.74, 6) is 0.769. The van der Waals surface area contributed by atoms with Crippen molar-refractivity contribution in [3.63, 3.8) is 0 Å². The number of hydrogen-bond acceptors (Lipinski definition) is 8. The molecule has 0 spiro atoms. The Labute approximate surface area is 276 Å². The fraction of sp³-hybridized carbons (Fsp3) is 0.472. The van der Waals surface area contributed by atoms with Gasteiger partial charge in [-0.2, -0.15) is 0 Å². The topological polar surface area (TPSA) is 121 Å². The molecule has 1 saturated heterocycles. The first kappa shape index (κ1) is 34.0. The maximum atomic E-state index is 11.6. The van der Waals surface area contributed by atoms with E-state index in [0.29, 0.717) is 35.3 Å². The Morgan fingerprint density at radius 2 is 1.87 bits per heavy atom. The summed E-state index contributed by atoms with van der Waals surface area (Å²) in [6, 6.07) is 16.0. The van der Waals surface area contributed by atoms with E-state index in [1.807, 2.05) is 19.1 Å². The van der Waals surface area contributed by atoms with Gasteiger partial charge in [0.2, 0.25) is 0 Å². The van der Waals surface area contributed by atoms with Crippen molar-refractivity contribution in [2.24, 2.45) is 0 Å². The highest BCUT2D eigenvalue weighted by Gasteiger charge is 2.32. The summed E-state index contributed by atoms with van der Waals surface area (Å²) in [6.07, 6.45) is 3.01. The van der Waals surface area contributed by atoms with Crippen LogP contribution in [0.2, 0.25) is 5.02 Å². The molecule has 1 heterocycles. The molecule has 0 unspecified atom stereocenters. The molecule has 10 heteroatoms. The molecular formula is C36H45ClN2O7. The zero-order valence-electron chi connectivity index (χ0n) is 26.9. The minimum absolute atomic E-state index is 0.138. The van der Waals surface area contributed by atoms with Gasteiger partial charge in [-0.3, -0.25) is 10.1 Å². The first-order chi connectivity index (χ1) is 22.1. The highest BCUT2D eigenvalue weighted by Crippen LogP contribution is 2.44. The van der Waals surface area contributed by atoms with Crippen molar-refractivity contribution >= 4 is 17.6 Å². The number of ether oxygens (including phenoxy) is 3. The van der Waals surface area contributed by atoms with Crippen LogP contribution in [0.1, 0.15) is 61.5 Å². The molecule has 0 amide bonds. The second kappa shape index (κ2) is 15.0. The number of nitrogens with one attached hydrogen (secondary N) is 1. The van der Waals surface area contributed by atoms with E-state index >= 15 is 0 Å². The molecule has 4 N–H and O–H groups in total. The van der Waals surface area contributed by atoms with Gasteiger partial charge in [-0.25, -0.2) is 0 Å². The summed E-state index contributed by atoms with van der Waals surface area (Å²) in [5.41, 5.74) is 4.95. The van der Waals surface area contributed by atoms with Crippen molar-refractivity contribution in [3.05, 3.63) is 75.8 Å². The number of likely N-dealkylation sites (tertiary alicyclic amines) is 1. The summed E-state index contributed by atoms with van der Waals surface area (Å²) in [7, 11) is 0. The molecule has 1 fully saturated rings. The third-order valence-corrected chi connectivity index (χ3v) is 9.35. The van der Waals surface area contributed by atoms with Crippen LogP contribution in [0, 0.1) is 6.92 Å². The Balaban J connectivity index is 1.30. The Bertz CT molecular complexity index is 1530. The third kappa shape index (κ3) is 7.61. The van der Waals surface area contributed by atoms with Gasteiger partial charge in [0, 0.05) is 37.8 Å². The molecule has 3 atom stereocenters. The standard InChI is InChI=1S/C36H45ClN2O7/c1-4-44-33-19-34(30(37)18-24(33)20-38-36(3,22-40)35(42)43)46-32-13-12-28-27(9-5-10-29(28)32)26-8-6-11-31(23(26)2)45-17-7-15-39-16-14-25(41)21-39/h5-6,8-11,18-19,25,32,38,40-41H,4,7,12-17,20-22H2,1-3H3,(H,42,43)/t25-,32+,36+/m1/s1. The molecule has 3 aromatic rings. The van der Waals surface area contributed by atoms with Crippen LogP contribution < -0.4 is 19.5 Å². The number of aliphatic hydroxyl groups is 2. The molecule has 248 valence electrons. The Morgan fingerprint density at radius 3 is 2.59 bits per heavy atom. The van der Waals surface area contributed by atoms with Gasteiger partial charge in [0.25, 0.3) is 0 Å². The Morgan fingerprint density at radius 1 is 1.09 bits per heavy atom. The lowest BCUT2D eigenvalue weighted by atomic mass is 9.93. The van der Waals surface area contributed by atoms with Gasteiger partial charge >= 0.3 is 5.97 Å². The van der Waals surface area contributed by atoms with Crippen molar-refractivity contribution in [1.29, 1.82) is 0 Å². The van der Waals surface area contributed by atoms with E-state index in [4.69, 9.17) is 25.8 Å². The maximum absolute atomic E-state index is 11.6. The van der Waals surface area contributed by atoms with E-state index in [0.717, 1.165) is 67.8 Å². The van der Waals surface area contributed by atoms with Crippen LogP contribution in [0.5, 0.6) is 17.2 Å². The normalized spacial score (nSPS) is 19.1. The Kier molecular flexibility index (Phi) is 11.1. The SMILES string of the molecule is CCOc1cc(O[C@H]2CCc3c(-c4cccc(OCCCN5CC[C@@H](O)C5)c4C)cccc32)c(Cl)cc1CN[C@@](C)(CO)C(=O)O. The maximum Gasteiger partial charge on any atom is 0.326 e. The number of hydrogen-bond donors (Lipinski definition) is 4. The number of nitrogens with zero attached hydrogens (tertiary/aromatic N) is 1. The van der Waals surface area contributed by atoms with Gasteiger partial charge < -0.3 is 34.4 Å². The van der Waals surface area contributed by atoms with E-state index in [1.54, 1.807) is 12.1 Å². The molecule has 1 aliphatic carbocycles. The van der Waals surface area contributed by atoms with Gasteiger partial charge in [-0.05, 0) is 86.4 Å². The second-order valence-corrected chi connectivity index (χ2v) is 12.8. The number of carboxylic acid groups (broad SMARTS) is 1. The number of benzene rings is 3. The number of carbonyl (C=O) groups is 1. The number of halogens is 1. The number of aliphatic hydroxyl groups excluding tert-OH is 2. The third-order valence-electron chi connectivity index (χ3n) is 9.06. The lowest BCUT2D eigenvalue weighted by Crippen LogP contribution is -2.52. The van der Waals surface area contributed by atoms with Gasteiger partial charge in [0.1, 0.15) is 28.9 Å². The quantitative estimate of drug-likeness (QED) is 0.157. The lowest BCUT2D eigenvalue weighted by molar-refractivity contribution is -0.145. The summed E-state index contributed by atoms with van der Waals surface area (Å²) >= 11 is 6.71. The van der Waals surface area contributed by atoms with Crippen LogP contribution >= 0.6 is 11.6 Å². The molecule has 46 heavy (non-hydrogen) atoms. The molecule has 2 aliphatic rings. The van der Waals surface area contributed by atoms with Crippen molar-refractivity contribution in [2.75, 3.05) is 39.5 Å². The average Bonchev–Trinajstić information content (AvgIpc) is 3.66. The molecule has 0 radical (unpaired) electrons. The van der Waals surface area contributed by atoms with E-state index in [1.165, 1.54) is 18.1 Å². The number of carboxylic acids is 1. The zero-order chi connectivity index (χ0) is 32.8. The number of rotatable bonds is 15. The van der Waals surface area contributed by atoms with E-state index in [-0.39, 0.29) is 18.8 Å². The average molecular weight is 653 g/mol. The summed E-state index contributed by atoms with van der Waals surface area (Å²) in [5, 5.41) is 32.2. The number of fused-ring (bicyclic) bond motifs is 1. The minimum Gasteiger partial charge on any atom is -0.493 e. The molecular weight excluding hydrogens is 608 g/mol. The highest BCUT2D eigenvalue weighted by atomic mass is 35.5. The first-order valence-electron chi connectivity index (χ1n) is 16.1. The molecule has 3 aromatic carbocycles. The smallest absolute Gasteiger partial charge is 0.326 e. The van der Waals surface area contributed by atoms with Gasteiger partial charge in [-0.15, -0.1) is 0 Å². The van der Waals surface area contributed by atoms with E-state index in [9.17, 15) is 20.1 Å². The van der Waals surface area contributed by atoms with Crippen LogP contribution in [0.3, 0.4) is 0 Å². The molecule has 1 aliphatic heterocycles. The van der Waals surface area contributed by atoms with E-state index in [2.05, 4.69) is 41.4 Å². The largest absolute Gasteiger partial charge is 0.493 e. The summed E-state index contributed by atoms with van der Waals surface area (Å²) in [6.45, 7) is 8.63. The van der Waals surface area contributed by atoms with Gasteiger partial charge in [0.15, 0.2) is 0 Å². The van der Waals surface area contributed by atoms with Crippen molar-refractivity contribution < 1.29 is 34.3 Å². The molecule has 5 rings (SSSR count). The van der Waals surface area contributed by atoms with E-state index < -0.39 is 18.1 Å². The molecule has 0 aromatic heterocycles. The minimum atomic E-state index is -1.50. The second-order valence-electron chi connectivity index (χ2n) is 12.4. The number of β-amino-alcohol motifs (C(OH)–C–C–N with tert-alkyl or cyclic N) is 1. The van der Waals surface area contributed by atoms with Gasteiger partial charge in [0.05, 0.1) is 30.9 Å². The molecule has 0 bridgehead atoms. The van der Waals surface area contributed by atoms with Crippen LogP contribution in [-0.2, 0) is 17.8 Å². The van der Waals surface area contributed by atoms with Crippen LogP contribution in [-0.4, -0.2) is 77.3 Å². The highest BCUT2D eigenvalue weighted by molar-refractivity contribution is 6.32. The fourth-order valence-electron chi connectivity index (χ4n) is 6.28. The van der Waals surface area contributed by atoms with Crippen LogP contribution in [0.15, 0.2) is 48.5 Å². The zero-order valence-corrected chi connectivity index (χ0v) is 27.6. The molecule has 0 saturated carbocycles. The predicted molar refractivity (Wildman–Crippen MR) is 178 cm³/mol. The number of aliphatic carboxylic acids is 1.